The van der Waals surface area contributed by atoms with Crippen LogP contribution in [0.5, 0.6) is 0 Å². The summed E-state index contributed by atoms with van der Waals surface area (Å²) >= 11 is 0. The maximum Gasteiger partial charge on any atom is 0.305 e. The van der Waals surface area contributed by atoms with Crippen LogP contribution < -0.4 is 10.6 Å². The van der Waals surface area contributed by atoms with E-state index in [0.29, 0.717) is 119 Å². The zero-order valence-corrected chi connectivity index (χ0v) is 36.6. The number of ether oxygens (including phenoxy) is 9. The molecule has 2 heterocycles. The van der Waals surface area contributed by atoms with Gasteiger partial charge in [0.25, 0.3) is 11.8 Å². The lowest BCUT2D eigenvalue weighted by atomic mass is 10.0. The highest BCUT2D eigenvalue weighted by molar-refractivity contribution is 6.26. The Morgan fingerprint density at radius 1 is 0.597 bits per heavy atom. The maximum absolute atomic E-state index is 13.2. The van der Waals surface area contributed by atoms with Gasteiger partial charge in [-0.3, -0.25) is 39.0 Å². The Kier molecular flexibility index (Phi) is 28.5. The van der Waals surface area contributed by atoms with Gasteiger partial charge in [-0.15, -0.1) is 0 Å². The van der Waals surface area contributed by atoms with E-state index in [4.69, 9.17) is 42.6 Å². The number of imide groups is 2. The van der Waals surface area contributed by atoms with Crippen LogP contribution in [-0.4, -0.2) is 159 Å². The highest BCUT2D eigenvalue weighted by Crippen LogP contribution is 2.32. The van der Waals surface area contributed by atoms with Crippen molar-refractivity contribution in [3.8, 4) is 0 Å². The van der Waals surface area contributed by atoms with Gasteiger partial charge in [-0.1, -0.05) is 51.5 Å². The molecule has 1 atom stereocenters. The zero-order valence-electron chi connectivity index (χ0n) is 36.6. The Hall–Kier alpha value is -3.88. The smallest absolute Gasteiger partial charge is 0.305 e. The minimum Gasteiger partial charge on any atom is -0.463 e. The summed E-state index contributed by atoms with van der Waals surface area (Å²) in [6, 6.07) is 3.52. The van der Waals surface area contributed by atoms with Crippen molar-refractivity contribution in [1.82, 2.24) is 10.2 Å². The van der Waals surface area contributed by atoms with Gasteiger partial charge in [0.15, 0.2) is 0 Å². The lowest BCUT2D eigenvalue weighted by molar-refractivity contribution is -0.145. The van der Waals surface area contributed by atoms with Crippen molar-refractivity contribution >= 4 is 41.2 Å². The normalized spacial score (nSPS) is 15.0. The molecule has 350 valence electrons. The topological polar surface area (TPSA) is 213 Å². The minimum absolute atomic E-state index is 0.0266. The number of benzene rings is 1. The fourth-order valence-corrected chi connectivity index (χ4v) is 6.48. The fraction of sp³-hybridized carbons (Fsp3) is 0.727. The molecule has 1 aromatic rings. The molecular formula is C44H69N3O15. The first kappa shape index (κ1) is 52.5. The second kappa shape index (κ2) is 33.6. The van der Waals surface area contributed by atoms with Gasteiger partial charge in [0.05, 0.1) is 116 Å². The Bertz CT molecular complexity index is 1480. The molecule has 2 aliphatic rings. The molecule has 62 heavy (non-hydrogen) atoms. The highest BCUT2D eigenvalue weighted by Gasteiger charge is 2.45. The van der Waals surface area contributed by atoms with Gasteiger partial charge < -0.3 is 47.9 Å². The summed E-state index contributed by atoms with van der Waals surface area (Å²) in [4.78, 5) is 75.3. The van der Waals surface area contributed by atoms with Crippen LogP contribution in [0.15, 0.2) is 18.2 Å². The molecule has 3 rings (SSSR count). The van der Waals surface area contributed by atoms with Crippen LogP contribution in [0.1, 0.15) is 111 Å². The molecule has 18 heteroatoms. The predicted octanol–water partition coefficient (Wildman–Crippen LogP) is 4.01. The molecule has 0 saturated carbocycles. The van der Waals surface area contributed by atoms with Gasteiger partial charge in [0.1, 0.15) is 12.6 Å². The largest absolute Gasteiger partial charge is 0.463 e. The van der Waals surface area contributed by atoms with Crippen LogP contribution in [0.2, 0.25) is 0 Å². The zero-order chi connectivity index (χ0) is 44.5. The van der Waals surface area contributed by atoms with E-state index >= 15 is 0 Å². The summed E-state index contributed by atoms with van der Waals surface area (Å²) in [5, 5.41) is 4.91. The quantitative estimate of drug-likeness (QED) is 0.0543. The summed E-state index contributed by atoms with van der Waals surface area (Å²) in [6.45, 7) is 9.68. The number of nitrogens with zero attached hydrogens (tertiary/aromatic N) is 1. The number of carbonyl (C=O) groups is 6. The molecule has 0 bridgehead atoms. The number of nitrogens with one attached hydrogen (secondary N) is 2. The first-order valence-corrected chi connectivity index (χ1v) is 22.3. The van der Waals surface area contributed by atoms with Gasteiger partial charge >= 0.3 is 5.97 Å². The predicted molar refractivity (Wildman–Crippen MR) is 226 cm³/mol. The SMILES string of the molecule is CCCCCCCCC(=O)OCCOCCOCCOCCOCCOCCOCCOCCOCCCCCC(=O)Nc1cccc2c1C(=O)N(C1CCC(=O)NC1=O)C2=O. The van der Waals surface area contributed by atoms with Crippen LogP contribution in [0.25, 0.3) is 0 Å². The van der Waals surface area contributed by atoms with Crippen LogP contribution in [0.4, 0.5) is 5.69 Å². The monoisotopic (exact) mass is 879 g/mol. The summed E-state index contributed by atoms with van der Waals surface area (Å²) in [5.41, 5.74) is 0.377. The van der Waals surface area contributed by atoms with Crippen molar-refractivity contribution in [2.24, 2.45) is 0 Å². The molecule has 1 fully saturated rings. The van der Waals surface area contributed by atoms with Crippen molar-refractivity contribution in [3.63, 3.8) is 0 Å². The molecule has 2 aliphatic heterocycles. The number of carbonyl (C=O) groups excluding carboxylic acids is 6. The van der Waals surface area contributed by atoms with E-state index in [1.54, 1.807) is 12.1 Å². The van der Waals surface area contributed by atoms with Gasteiger partial charge in [-0.2, -0.15) is 0 Å². The molecule has 18 nitrogen and oxygen atoms in total. The number of esters is 1. The van der Waals surface area contributed by atoms with Crippen LogP contribution >= 0.6 is 0 Å². The maximum atomic E-state index is 13.2. The molecule has 2 N–H and O–H groups in total. The van der Waals surface area contributed by atoms with Crippen molar-refractivity contribution in [2.75, 3.05) is 118 Å². The van der Waals surface area contributed by atoms with E-state index < -0.39 is 29.7 Å². The number of fused-ring (bicyclic) bond motifs is 1. The third-order valence-corrected chi connectivity index (χ3v) is 9.76. The fourth-order valence-electron chi connectivity index (χ4n) is 6.48. The van der Waals surface area contributed by atoms with Crippen LogP contribution in [0.3, 0.4) is 0 Å². The number of anilines is 1. The summed E-state index contributed by atoms with van der Waals surface area (Å²) in [6.07, 6.45) is 9.76. The first-order valence-electron chi connectivity index (χ1n) is 22.3. The molecule has 1 unspecified atom stereocenters. The van der Waals surface area contributed by atoms with Gasteiger partial charge in [0.2, 0.25) is 17.7 Å². The van der Waals surface area contributed by atoms with E-state index in [9.17, 15) is 28.8 Å². The molecular weight excluding hydrogens is 810 g/mol. The molecule has 5 amide bonds. The number of hydrogen-bond acceptors (Lipinski definition) is 15. The molecule has 0 radical (unpaired) electrons. The first-order chi connectivity index (χ1) is 30.3. The van der Waals surface area contributed by atoms with Crippen LogP contribution in [-0.2, 0) is 61.8 Å². The van der Waals surface area contributed by atoms with Gasteiger partial charge in [-0.25, -0.2) is 0 Å². The van der Waals surface area contributed by atoms with Gasteiger partial charge in [-0.05, 0) is 37.8 Å². The molecule has 1 aromatic carbocycles. The van der Waals surface area contributed by atoms with E-state index in [-0.39, 0.29) is 54.6 Å². The lowest BCUT2D eigenvalue weighted by Crippen LogP contribution is -2.54. The van der Waals surface area contributed by atoms with E-state index in [0.717, 1.165) is 30.6 Å². The van der Waals surface area contributed by atoms with Crippen molar-refractivity contribution in [1.29, 1.82) is 0 Å². The summed E-state index contributed by atoms with van der Waals surface area (Å²) in [5.74, 6) is -2.88. The Balaban J connectivity index is 1.000. The van der Waals surface area contributed by atoms with E-state index in [1.807, 2.05) is 0 Å². The molecule has 1 saturated heterocycles. The Morgan fingerprint density at radius 2 is 1.08 bits per heavy atom. The second-order valence-electron chi connectivity index (χ2n) is 14.7. The van der Waals surface area contributed by atoms with E-state index in [1.165, 1.54) is 31.7 Å². The third-order valence-electron chi connectivity index (χ3n) is 9.76. The standard InChI is InChI=1S/C44H69N3O15/c1-2-3-4-5-6-9-15-40(50)62-34-33-61-32-31-60-30-29-59-28-27-58-26-25-57-24-23-56-22-21-55-20-19-54-18-10-7-8-14-38(48)45-36-13-11-12-35-41(36)44(53)47(43(35)52)37-16-17-39(49)46-42(37)51/h11-13,37H,2-10,14-34H2,1H3,(H,45,48)(H,46,49,51). The molecule has 0 aliphatic carbocycles. The van der Waals surface area contributed by atoms with Crippen molar-refractivity contribution in [3.05, 3.63) is 29.3 Å². The third kappa shape index (κ3) is 22.0. The lowest BCUT2D eigenvalue weighted by Gasteiger charge is -2.27. The number of amides is 5. The minimum atomic E-state index is -1.08. The number of unbranched alkanes of at least 4 members (excludes halogenated alkanes) is 7. The second-order valence-corrected chi connectivity index (χ2v) is 14.7. The summed E-state index contributed by atoms with van der Waals surface area (Å²) < 4.78 is 49.2. The van der Waals surface area contributed by atoms with Crippen LogP contribution in [0, 0.1) is 0 Å². The highest BCUT2D eigenvalue weighted by atomic mass is 16.6. The Labute approximate surface area is 365 Å². The summed E-state index contributed by atoms with van der Waals surface area (Å²) in [7, 11) is 0. The van der Waals surface area contributed by atoms with Crippen molar-refractivity contribution < 1.29 is 71.4 Å². The molecule has 0 spiro atoms. The number of hydrogen-bond donors (Lipinski definition) is 2. The average Bonchev–Trinajstić information content (AvgIpc) is 3.51. The Morgan fingerprint density at radius 3 is 1.63 bits per heavy atom. The number of rotatable bonds is 39. The molecule has 0 aromatic heterocycles. The average molecular weight is 880 g/mol. The van der Waals surface area contributed by atoms with Crippen molar-refractivity contribution in [2.45, 2.75) is 96.4 Å². The van der Waals surface area contributed by atoms with Gasteiger partial charge in [0, 0.05) is 25.9 Å². The van der Waals surface area contributed by atoms with E-state index in [2.05, 4.69) is 17.6 Å². The number of piperidine rings is 1.